The van der Waals surface area contributed by atoms with Crippen LogP contribution in [0.4, 0.5) is 0 Å². The smallest absolute Gasteiger partial charge is 0.252 e. The van der Waals surface area contributed by atoms with E-state index in [1.54, 1.807) is 0 Å². The lowest BCUT2D eigenvalue weighted by Crippen LogP contribution is -2.48. The summed E-state index contributed by atoms with van der Waals surface area (Å²) in [5.74, 6) is 0.259. The van der Waals surface area contributed by atoms with E-state index in [4.69, 9.17) is 4.74 Å². The summed E-state index contributed by atoms with van der Waals surface area (Å²) in [5.41, 5.74) is -0.585. The molecule has 0 aromatic carbocycles. The van der Waals surface area contributed by atoms with Crippen LogP contribution in [0.1, 0.15) is 51.9 Å². The molecule has 18 heavy (non-hydrogen) atoms. The molecule has 2 rings (SSSR count). The van der Waals surface area contributed by atoms with Gasteiger partial charge in [0.2, 0.25) is 0 Å². The highest BCUT2D eigenvalue weighted by atomic mass is 16.5. The van der Waals surface area contributed by atoms with E-state index in [2.05, 4.69) is 5.32 Å². The monoisotopic (exact) mass is 255 g/mol. The second kappa shape index (κ2) is 6.02. The summed E-state index contributed by atoms with van der Waals surface area (Å²) in [6.07, 6.45) is 6.52. The highest BCUT2D eigenvalue weighted by Gasteiger charge is 2.42. The zero-order valence-electron chi connectivity index (χ0n) is 11.3. The fourth-order valence-corrected chi connectivity index (χ4v) is 3.30. The molecule has 104 valence electrons. The second-order valence-electron chi connectivity index (χ2n) is 5.60. The Morgan fingerprint density at radius 3 is 2.61 bits per heavy atom. The molecule has 1 amide bonds. The molecule has 2 saturated carbocycles. The molecule has 2 aliphatic carbocycles. The van der Waals surface area contributed by atoms with Crippen molar-refractivity contribution in [3.05, 3.63) is 0 Å². The van der Waals surface area contributed by atoms with Crippen LogP contribution < -0.4 is 5.32 Å². The summed E-state index contributed by atoms with van der Waals surface area (Å²) >= 11 is 0. The van der Waals surface area contributed by atoms with Gasteiger partial charge in [-0.2, -0.15) is 0 Å². The van der Waals surface area contributed by atoms with Crippen LogP contribution in [-0.2, 0) is 9.53 Å². The van der Waals surface area contributed by atoms with Gasteiger partial charge in [0.1, 0.15) is 5.60 Å². The van der Waals surface area contributed by atoms with Crippen LogP contribution in [0.3, 0.4) is 0 Å². The van der Waals surface area contributed by atoms with Gasteiger partial charge < -0.3 is 15.2 Å². The van der Waals surface area contributed by atoms with Crippen LogP contribution >= 0.6 is 0 Å². The van der Waals surface area contributed by atoms with Crippen LogP contribution in [0.5, 0.6) is 0 Å². The number of aliphatic hydroxyl groups excluding tert-OH is 1. The Hall–Kier alpha value is -0.610. The molecule has 0 aliphatic heterocycles. The number of ether oxygens (including phenoxy) is 1. The molecule has 0 bridgehead atoms. The van der Waals surface area contributed by atoms with Crippen LogP contribution in [0.2, 0.25) is 0 Å². The van der Waals surface area contributed by atoms with Crippen molar-refractivity contribution in [2.75, 3.05) is 13.2 Å². The van der Waals surface area contributed by atoms with E-state index in [9.17, 15) is 9.90 Å². The average Bonchev–Trinajstić information content (AvgIpc) is 2.97. The first-order chi connectivity index (χ1) is 8.68. The number of hydrogen-bond donors (Lipinski definition) is 2. The zero-order valence-corrected chi connectivity index (χ0v) is 11.3. The number of hydrogen-bond acceptors (Lipinski definition) is 3. The standard InChI is InChI=1S/C14H25NO3/c1-2-18-14(8-3-4-9-14)13(17)15-10-11-6-5-7-12(11)16/h11-12,16H,2-10H2,1H3,(H,15,17)/t11-,12-/m1/s1. The predicted molar refractivity (Wildman–Crippen MR) is 69.2 cm³/mol. The van der Waals surface area contributed by atoms with Crippen molar-refractivity contribution in [1.29, 1.82) is 0 Å². The zero-order chi connectivity index (χ0) is 13.0. The Balaban J connectivity index is 1.85. The van der Waals surface area contributed by atoms with E-state index in [1.807, 2.05) is 6.92 Å². The predicted octanol–water partition coefficient (Wildman–Crippen LogP) is 1.61. The number of carbonyl (C=O) groups is 1. The van der Waals surface area contributed by atoms with Crippen molar-refractivity contribution < 1.29 is 14.6 Å². The van der Waals surface area contributed by atoms with E-state index in [0.717, 1.165) is 44.9 Å². The minimum absolute atomic E-state index is 0.0287. The number of carbonyl (C=O) groups excluding carboxylic acids is 1. The van der Waals surface area contributed by atoms with Gasteiger partial charge in [-0.3, -0.25) is 4.79 Å². The summed E-state index contributed by atoms with van der Waals surface area (Å²) < 4.78 is 5.72. The van der Waals surface area contributed by atoms with Gasteiger partial charge in [-0.25, -0.2) is 0 Å². The number of amides is 1. The first-order valence-electron chi connectivity index (χ1n) is 7.28. The normalized spacial score (nSPS) is 30.6. The fraction of sp³-hybridized carbons (Fsp3) is 0.929. The third kappa shape index (κ3) is 2.86. The van der Waals surface area contributed by atoms with E-state index in [0.29, 0.717) is 13.2 Å². The molecular weight excluding hydrogens is 230 g/mol. The third-order valence-electron chi connectivity index (χ3n) is 4.39. The molecule has 0 saturated heterocycles. The van der Waals surface area contributed by atoms with Gasteiger partial charge in [0, 0.05) is 19.1 Å². The van der Waals surface area contributed by atoms with E-state index >= 15 is 0 Å². The van der Waals surface area contributed by atoms with E-state index in [1.165, 1.54) is 0 Å². The lowest BCUT2D eigenvalue weighted by atomic mass is 9.99. The van der Waals surface area contributed by atoms with E-state index < -0.39 is 5.60 Å². The quantitative estimate of drug-likeness (QED) is 0.784. The van der Waals surface area contributed by atoms with Crippen LogP contribution in [-0.4, -0.2) is 35.9 Å². The number of aliphatic hydroxyl groups is 1. The largest absolute Gasteiger partial charge is 0.393 e. The van der Waals surface area contributed by atoms with Gasteiger partial charge in [-0.05, 0) is 45.4 Å². The first kappa shape index (κ1) is 13.8. The van der Waals surface area contributed by atoms with Crippen molar-refractivity contribution in [1.82, 2.24) is 5.32 Å². The van der Waals surface area contributed by atoms with Crippen molar-refractivity contribution in [2.24, 2.45) is 5.92 Å². The molecule has 2 aliphatic rings. The summed E-state index contributed by atoms with van der Waals surface area (Å²) in [6.45, 7) is 3.11. The second-order valence-corrected chi connectivity index (χ2v) is 5.60. The van der Waals surface area contributed by atoms with Gasteiger partial charge >= 0.3 is 0 Å². The summed E-state index contributed by atoms with van der Waals surface area (Å²) in [7, 11) is 0. The highest BCUT2D eigenvalue weighted by molar-refractivity contribution is 5.85. The van der Waals surface area contributed by atoms with Gasteiger partial charge in [-0.15, -0.1) is 0 Å². The maximum atomic E-state index is 12.3. The summed E-state index contributed by atoms with van der Waals surface area (Å²) in [6, 6.07) is 0. The van der Waals surface area contributed by atoms with Crippen molar-refractivity contribution in [2.45, 2.75) is 63.6 Å². The highest BCUT2D eigenvalue weighted by Crippen LogP contribution is 2.33. The first-order valence-corrected chi connectivity index (χ1v) is 7.28. The van der Waals surface area contributed by atoms with E-state index in [-0.39, 0.29) is 17.9 Å². The van der Waals surface area contributed by atoms with Gasteiger partial charge in [0.15, 0.2) is 0 Å². The van der Waals surface area contributed by atoms with Crippen LogP contribution in [0.15, 0.2) is 0 Å². The molecule has 0 aromatic rings. The summed E-state index contributed by atoms with van der Waals surface area (Å²) in [5, 5.41) is 12.8. The fourth-order valence-electron chi connectivity index (χ4n) is 3.30. The molecular formula is C14H25NO3. The SMILES string of the molecule is CCOC1(C(=O)NC[C@H]2CCC[C@H]2O)CCCC1. The molecule has 0 aromatic heterocycles. The van der Waals surface area contributed by atoms with Crippen LogP contribution in [0, 0.1) is 5.92 Å². The molecule has 0 radical (unpaired) electrons. The van der Waals surface area contributed by atoms with Crippen LogP contribution in [0.25, 0.3) is 0 Å². The Bertz CT molecular complexity index is 287. The maximum Gasteiger partial charge on any atom is 0.252 e. The maximum absolute atomic E-state index is 12.3. The molecule has 0 unspecified atom stereocenters. The van der Waals surface area contributed by atoms with Gasteiger partial charge in [0.05, 0.1) is 6.10 Å². The lowest BCUT2D eigenvalue weighted by Gasteiger charge is -2.28. The third-order valence-corrected chi connectivity index (χ3v) is 4.39. The van der Waals surface area contributed by atoms with Crippen molar-refractivity contribution in [3.63, 3.8) is 0 Å². The molecule has 0 spiro atoms. The molecule has 0 heterocycles. The molecule has 4 nitrogen and oxygen atoms in total. The topological polar surface area (TPSA) is 58.6 Å². The molecule has 2 atom stereocenters. The Kier molecular flexibility index (Phi) is 4.62. The van der Waals surface area contributed by atoms with Crippen molar-refractivity contribution >= 4 is 5.91 Å². The molecule has 2 fully saturated rings. The lowest BCUT2D eigenvalue weighted by molar-refractivity contribution is -0.146. The Morgan fingerprint density at radius 1 is 1.33 bits per heavy atom. The van der Waals surface area contributed by atoms with Gasteiger partial charge in [-0.1, -0.05) is 6.42 Å². The van der Waals surface area contributed by atoms with Gasteiger partial charge in [0.25, 0.3) is 5.91 Å². The average molecular weight is 255 g/mol. The number of rotatable bonds is 5. The van der Waals surface area contributed by atoms with Crippen molar-refractivity contribution in [3.8, 4) is 0 Å². The number of nitrogens with one attached hydrogen (secondary N) is 1. The summed E-state index contributed by atoms with van der Waals surface area (Å²) in [4.78, 5) is 12.3. The molecule has 2 N–H and O–H groups in total. The minimum atomic E-state index is -0.585. The Morgan fingerprint density at radius 2 is 2.06 bits per heavy atom. The Labute approximate surface area is 109 Å². The minimum Gasteiger partial charge on any atom is -0.393 e. The molecule has 4 heteroatoms.